The average Bonchev–Trinajstić information content (AvgIpc) is 3.15. The van der Waals surface area contributed by atoms with Crippen molar-refractivity contribution in [2.75, 3.05) is 26.4 Å². The van der Waals surface area contributed by atoms with Crippen molar-refractivity contribution in [3.05, 3.63) is 72.9 Å². The zero-order valence-electron chi connectivity index (χ0n) is 33.5. The summed E-state index contributed by atoms with van der Waals surface area (Å²) in [7, 11) is -4.41. The lowest BCUT2D eigenvalue weighted by Gasteiger charge is -2.19. The molecule has 0 bridgehead atoms. The Hall–Kier alpha value is -2.59. The summed E-state index contributed by atoms with van der Waals surface area (Å²) in [5.74, 6) is -0.953. The molecule has 0 saturated heterocycles. The minimum atomic E-state index is -4.41. The number of phosphoric acid groups is 1. The summed E-state index contributed by atoms with van der Waals surface area (Å²) in [5, 5.41) is 9.99. The van der Waals surface area contributed by atoms with Crippen LogP contribution in [0.25, 0.3) is 0 Å². The quantitative estimate of drug-likeness (QED) is 0.0182. The zero-order chi connectivity index (χ0) is 39.8. The first-order valence-corrected chi connectivity index (χ1v) is 22.0. The van der Waals surface area contributed by atoms with Crippen molar-refractivity contribution in [1.82, 2.24) is 0 Å². The minimum absolute atomic E-state index is 0.0320. The fourth-order valence-electron chi connectivity index (χ4n) is 5.10. The number of nitrogens with two attached hydrogens (primary N) is 1. The van der Waals surface area contributed by atoms with E-state index in [-0.39, 0.29) is 32.6 Å². The molecule has 10 nitrogen and oxygen atoms in total. The molecule has 0 saturated carbocycles. The molecule has 0 radical (unpaired) electrons. The smallest absolute Gasteiger partial charge is 0.462 e. The number of unbranched alkanes of at least 4 members (excludes halogenated alkanes) is 12. The molecule has 3 atom stereocenters. The third-order valence-corrected chi connectivity index (χ3v) is 9.14. The lowest BCUT2D eigenvalue weighted by Crippen LogP contribution is -2.29. The predicted octanol–water partition coefficient (Wildman–Crippen LogP) is 10.5. The SMILES string of the molecule is CC/C=C\C/C=C\CC(O)/C=C/C=C\C/C=C\CCCC(=O)OC[C@H](COP(=O)(O)OCCN)OC(=O)CCCCCCC/C=C\CCCCCCCC. The molecular weight excluding hydrogens is 705 g/mol. The van der Waals surface area contributed by atoms with Crippen molar-refractivity contribution >= 4 is 19.8 Å². The molecule has 0 heterocycles. The standard InChI is InChI=1S/C43H74NO9P/c1-3-5-7-9-11-12-13-14-15-16-17-18-23-27-31-35-43(47)53-41(39-52-54(48,49)51-37-36-44)38-50-42(46)34-30-26-22-20-19-21-25-29-33-40(45)32-28-24-10-8-6-4-2/h6,8,14-15,20-22,24-25,28-29,33,40-41,45H,3-5,7,9-13,16-19,23,26-27,30-32,34-39,44H2,1-2H3,(H,48,49)/b8-6-,15-14-,22-20-,25-21-,28-24-,33-29+/t40?,41-/m1/s1. The van der Waals surface area contributed by atoms with Gasteiger partial charge in [0.05, 0.1) is 19.3 Å². The summed E-state index contributed by atoms with van der Waals surface area (Å²) < 4.78 is 32.6. The Morgan fingerprint density at radius 1 is 0.667 bits per heavy atom. The molecule has 4 N–H and O–H groups in total. The maximum Gasteiger partial charge on any atom is 0.472 e. The van der Waals surface area contributed by atoms with Gasteiger partial charge >= 0.3 is 19.8 Å². The number of allylic oxidation sites excluding steroid dienone is 10. The zero-order valence-corrected chi connectivity index (χ0v) is 34.4. The number of carbonyl (C=O) groups excluding carboxylic acids is 2. The van der Waals surface area contributed by atoms with Crippen LogP contribution in [-0.4, -0.2) is 60.5 Å². The highest BCUT2D eigenvalue weighted by molar-refractivity contribution is 7.47. The van der Waals surface area contributed by atoms with E-state index < -0.39 is 38.6 Å². The summed E-state index contributed by atoms with van der Waals surface area (Å²) in [6, 6.07) is 0. The van der Waals surface area contributed by atoms with E-state index in [1.165, 1.54) is 38.5 Å². The van der Waals surface area contributed by atoms with Crippen molar-refractivity contribution in [2.45, 2.75) is 161 Å². The largest absolute Gasteiger partial charge is 0.472 e. The Morgan fingerprint density at radius 2 is 1.26 bits per heavy atom. The van der Waals surface area contributed by atoms with E-state index in [0.29, 0.717) is 25.7 Å². The van der Waals surface area contributed by atoms with Crippen molar-refractivity contribution in [3.8, 4) is 0 Å². The Balaban J connectivity index is 4.38. The number of rotatable bonds is 37. The summed E-state index contributed by atoms with van der Waals surface area (Å²) in [4.78, 5) is 34.8. The minimum Gasteiger partial charge on any atom is -0.462 e. The van der Waals surface area contributed by atoms with Crippen LogP contribution in [0.3, 0.4) is 0 Å². The molecule has 0 aromatic heterocycles. The number of phosphoric ester groups is 1. The van der Waals surface area contributed by atoms with E-state index in [2.05, 4.69) is 38.2 Å². The van der Waals surface area contributed by atoms with Gasteiger partial charge in [-0.2, -0.15) is 0 Å². The van der Waals surface area contributed by atoms with Crippen LogP contribution in [0.4, 0.5) is 0 Å². The number of carbonyl (C=O) groups is 2. The van der Waals surface area contributed by atoms with Gasteiger partial charge in [0.1, 0.15) is 6.61 Å². The van der Waals surface area contributed by atoms with E-state index in [1.807, 2.05) is 42.5 Å². The first-order valence-electron chi connectivity index (χ1n) is 20.5. The van der Waals surface area contributed by atoms with Gasteiger partial charge in [-0.05, 0) is 70.6 Å². The molecule has 0 rings (SSSR count). The molecule has 0 aromatic carbocycles. The second-order valence-electron chi connectivity index (χ2n) is 13.3. The molecule has 0 aliphatic heterocycles. The summed E-state index contributed by atoms with van der Waals surface area (Å²) in [6.45, 7) is 3.42. The molecule has 0 aliphatic carbocycles. The fourth-order valence-corrected chi connectivity index (χ4v) is 5.87. The number of esters is 2. The number of aliphatic hydroxyl groups excluding tert-OH is 1. The lowest BCUT2D eigenvalue weighted by atomic mass is 10.1. The van der Waals surface area contributed by atoms with Crippen LogP contribution in [0, 0.1) is 0 Å². The van der Waals surface area contributed by atoms with Crippen LogP contribution < -0.4 is 5.73 Å². The Bertz CT molecular complexity index is 1130. The molecule has 0 aromatic rings. The van der Waals surface area contributed by atoms with Crippen LogP contribution in [0.5, 0.6) is 0 Å². The van der Waals surface area contributed by atoms with Crippen molar-refractivity contribution in [2.24, 2.45) is 5.73 Å². The number of hydrogen-bond donors (Lipinski definition) is 3. The molecule has 0 amide bonds. The van der Waals surface area contributed by atoms with Crippen molar-refractivity contribution in [3.63, 3.8) is 0 Å². The van der Waals surface area contributed by atoms with E-state index in [0.717, 1.165) is 57.8 Å². The van der Waals surface area contributed by atoms with Crippen LogP contribution in [0.2, 0.25) is 0 Å². The molecule has 54 heavy (non-hydrogen) atoms. The lowest BCUT2D eigenvalue weighted by molar-refractivity contribution is -0.161. The van der Waals surface area contributed by atoms with Crippen LogP contribution in [-0.2, 0) is 32.7 Å². The van der Waals surface area contributed by atoms with Crippen LogP contribution >= 0.6 is 7.82 Å². The van der Waals surface area contributed by atoms with E-state index in [1.54, 1.807) is 6.08 Å². The van der Waals surface area contributed by atoms with Crippen LogP contribution in [0.1, 0.15) is 149 Å². The predicted molar refractivity (Wildman–Crippen MR) is 221 cm³/mol. The van der Waals surface area contributed by atoms with Gasteiger partial charge in [-0.25, -0.2) is 4.57 Å². The highest BCUT2D eigenvalue weighted by Crippen LogP contribution is 2.43. The molecule has 0 fully saturated rings. The van der Waals surface area contributed by atoms with Crippen LogP contribution in [0.15, 0.2) is 72.9 Å². The Morgan fingerprint density at radius 3 is 1.96 bits per heavy atom. The third-order valence-electron chi connectivity index (χ3n) is 8.16. The van der Waals surface area contributed by atoms with Gasteiger partial charge in [0.15, 0.2) is 6.10 Å². The summed E-state index contributed by atoms with van der Waals surface area (Å²) in [5.41, 5.74) is 5.33. The van der Waals surface area contributed by atoms with Gasteiger partial charge in [-0.15, -0.1) is 0 Å². The number of aliphatic hydroxyl groups is 1. The number of hydrogen-bond acceptors (Lipinski definition) is 9. The van der Waals surface area contributed by atoms with Gasteiger partial charge in [0, 0.05) is 19.4 Å². The van der Waals surface area contributed by atoms with Gasteiger partial charge in [-0.3, -0.25) is 18.6 Å². The second kappa shape index (κ2) is 38.7. The maximum atomic E-state index is 12.6. The molecule has 0 spiro atoms. The highest BCUT2D eigenvalue weighted by Gasteiger charge is 2.25. The fraction of sp³-hybridized carbons (Fsp3) is 0.674. The molecule has 11 heteroatoms. The first kappa shape index (κ1) is 51.4. The van der Waals surface area contributed by atoms with E-state index >= 15 is 0 Å². The molecular formula is C43H74NO9P. The van der Waals surface area contributed by atoms with Gasteiger partial charge in [-0.1, -0.05) is 138 Å². The van der Waals surface area contributed by atoms with Gasteiger partial charge in [0.25, 0.3) is 0 Å². The molecule has 0 aliphatic rings. The molecule has 310 valence electrons. The second-order valence-corrected chi connectivity index (χ2v) is 14.8. The maximum absolute atomic E-state index is 12.6. The van der Waals surface area contributed by atoms with E-state index in [9.17, 15) is 24.2 Å². The Kier molecular flexibility index (Phi) is 36.8. The third kappa shape index (κ3) is 37.7. The number of ether oxygens (including phenoxy) is 2. The first-order chi connectivity index (χ1) is 26.2. The van der Waals surface area contributed by atoms with Gasteiger partial charge in [0.2, 0.25) is 0 Å². The average molecular weight is 780 g/mol. The normalized spacial score (nSPS) is 14.7. The summed E-state index contributed by atoms with van der Waals surface area (Å²) >= 11 is 0. The summed E-state index contributed by atoms with van der Waals surface area (Å²) in [6.07, 6.45) is 42.5. The monoisotopic (exact) mass is 780 g/mol. The van der Waals surface area contributed by atoms with Gasteiger partial charge < -0.3 is 25.2 Å². The van der Waals surface area contributed by atoms with Crippen molar-refractivity contribution < 1.29 is 42.7 Å². The highest BCUT2D eigenvalue weighted by atomic mass is 31.2. The molecule has 2 unspecified atom stereocenters. The Labute approximate surface area is 327 Å². The van der Waals surface area contributed by atoms with Crippen molar-refractivity contribution in [1.29, 1.82) is 0 Å². The van der Waals surface area contributed by atoms with E-state index in [4.69, 9.17) is 24.3 Å². The topological polar surface area (TPSA) is 155 Å².